The lowest BCUT2D eigenvalue weighted by atomic mass is 9.86. The van der Waals surface area contributed by atoms with Crippen molar-refractivity contribution in [2.24, 2.45) is 0 Å². The topological polar surface area (TPSA) is 6.48 Å². The summed E-state index contributed by atoms with van der Waals surface area (Å²) >= 11 is 6.62. The van der Waals surface area contributed by atoms with E-state index < -0.39 is 0 Å². The minimum Gasteiger partial charge on any atom is -0.301 e. The molecular formula is C18H29ClN2. The van der Waals surface area contributed by atoms with Crippen molar-refractivity contribution in [2.75, 3.05) is 39.3 Å². The van der Waals surface area contributed by atoms with Crippen LogP contribution in [0.3, 0.4) is 0 Å². The third-order valence-electron chi connectivity index (χ3n) is 4.47. The second kappa shape index (κ2) is 7.13. The fourth-order valence-electron chi connectivity index (χ4n) is 2.81. The van der Waals surface area contributed by atoms with E-state index in [0.29, 0.717) is 0 Å². The van der Waals surface area contributed by atoms with Crippen LogP contribution in [0.4, 0.5) is 0 Å². The van der Waals surface area contributed by atoms with E-state index in [1.165, 1.54) is 24.2 Å². The number of nitrogens with zero attached hydrogens (tertiary/aromatic N) is 2. The van der Waals surface area contributed by atoms with E-state index in [-0.39, 0.29) is 10.8 Å². The quantitative estimate of drug-likeness (QED) is 0.778. The van der Waals surface area contributed by atoms with Gasteiger partial charge in [-0.25, -0.2) is 0 Å². The van der Waals surface area contributed by atoms with Gasteiger partial charge in [0.1, 0.15) is 0 Å². The van der Waals surface area contributed by atoms with Crippen molar-refractivity contribution < 1.29 is 0 Å². The summed E-state index contributed by atoms with van der Waals surface area (Å²) in [6, 6.07) is 8.83. The number of rotatable bonds is 4. The molecule has 2 rings (SSSR count). The normalized spacial score (nSPS) is 19.7. The van der Waals surface area contributed by atoms with E-state index in [0.717, 1.165) is 26.2 Å². The number of halogens is 1. The Morgan fingerprint density at radius 1 is 1.00 bits per heavy atom. The highest BCUT2D eigenvalue weighted by Crippen LogP contribution is 2.27. The van der Waals surface area contributed by atoms with E-state index in [1.807, 2.05) is 0 Å². The standard InChI is InChI=1S/C18H29ClN2/c1-5-20-10-12-21(13-11-20)14-17(19)15-6-8-16(9-7-15)18(2,3)4/h6-9,17H,5,10-14H2,1-4H3. The van der Waals surface area contributed by atoms with E-state index in [2.05, 4.69) is 61.8 Å². The summed E-state index contributed by atoms with van der Waals surface area (Å²) in [4.78, 5) is 4.99. The molecular weight excluding hydrogens is 280 g/mol. The van der Waals surface area contributed by atoms with Gasteiger partial charge < -0.3 is 4.90 Å². The van der Waals surface area contributed by atoms with Crippen LogP contribution < -0.4 is 0 Å². The molecule has 0 aromatic heterocycles. The first-order chi connectivity index (χ1) is 9.90. The van der Waals surface area contributed by atoms with Gasteiger partial charge in [-0.3, -0.25) is 4.90 Å². The molecule has 0 bridgehead atoms. The molecule has 1 aliphatic heterocycles. The summed E-state index contributed by atoms with van der Waals surface area (Å²) < 4.78 is 0. The van der Waals surface area contributed by atoms with Crippen molar-refractivity contribution in [1.29, 1.82) is 0 Å². The van der Waals surface area contributed by atoms with Crippen molar-refractivity contribution in [3.05, 3.63) is 35.4 Å². The summed E-state index contributed by atoms with van der Waals surface area (Å²) in [6.07, 6.45) is 0. The first kappa shape index (κ1) is 16.8. The second-order valence-electron chi connectivity index (χ2n) is 7.07. The third kappa shape index (κ3) is 4.70. The number of hydrogen-bond acceptors (Lipinski definition) is 2. The summed E-state index contributed by atoms with van der Waals surface area (Å²) in [5, 5.41) is 0.0900. The fraction of sp³-hybridized carbons (Fsp3) is 0.667. The highest BCUT2D eigenvalue weighted by Gasteiger charge is 2.20. The van der Waals surface area contributed by atoms with Gasteiger partial charge in [0.05, 0.1) is 5.38 Å². The highest BCUT2D eigenvalue weighted by atomic mass is 35.5. The van der Waals surface area contributed by atoms with Gasteiger partial charge in [0, 0.05) is 32.7 Å². The fourth-order valence-corrected chi connectivity index (χ4v) is 3.15. The third-order valence-corrected chi connectivity index (χ3v) is 4.86. The molecule has 0 saturated carbocycles. The van der Waals surface area contributed by atoms with Crippen LogP contribution in [-0.4, -0.2) is 49.1 Å². The van der Waals surface area contributed by atoms with Gasteiger partial charge in [-0.05, 0) is 23.1 Å². The van der Waals surface area contributed by atoms with Gasteiger partial charge in [0.25, 0.3) is 0 Å². The maximum Gasteiger partial charge on any atom is 0.0712 e. The minimum absolute atomic E-state index is 0.0900. The number of piperazine rings is 1. The molecule has 1 unspecified atom stereocenters. The summed E-state index contributed by atoms with van der Waals surface area (Å²) in [5.41, 5.74) is 2.81. The molecule has 0 radical (unpaired) electrons. The number of likely N-dealkylation sites (N-methyl/N-ethyl adjacent to an activating group) is 1. The molecule has 118 valence electrons. The summed E-state index contributed by atoms with van der Waals surface area (Å²) in [6.45, 7) is 15.7. The summed E-state index contributed by atoms with van der Waals surface area (Å²) in [5.74, 6) is 0. The van der Waals surface area contributed by atoms with Crippen LogP contribution >= 0.6 is 11.6 Å². The van der Waals surface area contributed by atoms with Gasteiger partial charge >= 0.3 is 0 Å². The zero-order chi connectivity index (χ0) is 15.5. The molecule has 0 amide bonds. The van der Waals surface area contributed by atoms with E-state index in [4.69, 9.17) is 11.6 Å². The number of alkyl halides is 1. The smallest absolute Gasteiger partial charge is 0.0712 e. The molecule has 1 fully saturated rings. The predicted molar refractivity (Wildman–Crippen MR) is 92.3 cm³/mol. The Kier molecular flexibility index (Phi) is 5.70. The Labute approximate surface area is 135 Å². The van der Waals surface area contributed by atoms with E-state index >= 15 is 0 Å². The van der Waals surface area contributed by atoms with Gasteiger partial charge in [-0.15, -0.1) is 11.6 Å². The SMILES string of the molecule is CCN1CCN(CC(Cl)c2ccc(C(C)(C)C)cc2)CC1. The van der Waals surface area contributed by atoms with Crippen LogP contribution in [0.1, 0.15) is 44.2 Å². The Bertz CT molecular complexity index is 428. The Morgan fingerprint density at radius 3 is 2.00 bits per heavy atom. The van der Waals surface area contributed by atoms with Crippen molar-refractivity contribution in [3.63, 3.8) is 0 Å². The molecule has 2 nitrogen and oxygen atoms in total. The average molecular weight is 309 g/mol. The van der Waals surface area contributed by atoms with Crippen molar-refractivity contribution in [1.82, 2.24) is 9.80 Å². The zero-order valence-corrected chi connectivity index (χ0v) is 14.7. The number of benzene rings is 1. The first-order valence-corrected chi connectivity index (χ1v) is 8.53. The molecule has 1 aliphatic rings. The van der Waals surface area contributed by atoms with Gasteiger partial charge in [-0.1, -0.05) is 52.0 Å². The van der Waals surface area contributed by atoms with Crippen LogP contribution in [0.5, 0.6) is 0 Å². The highest BCUT2D eigenvalue weighted by molar-refractivity contribution is 6.21. The van der Waals surface area contributed by atoms with Crippen LogP contribution in [-0.2, 0) is 5.41 Å². The Morgan fingerprint density at radius 2 is 1.52 bits per heavy atom. The minimum atomic E-state index is 0.0900. The van der Waals surface area contributed by atoms with Crippen LogP contribution in [0.25, 0.3) is 0 Å². The molecule has 1 saturated heterocycles. The molecule has 1 heterocycles. The number of hydrogen-bond donors (Lipinski definition) is 0. The molecule has 3 heteroatoms. The molecule has 0 spiro atoms. The van der Waals surface area contributed by atoms with Crippen LogP contribution in [0, 0.1) is 0 Å². The Hall–Kier alpha value is -0.570. The first-order valence-electron chi connectivity index (χ1n) is 8.09. The van der Waals surface area contributed by atoms with Gasteiger partial charge in [-0.2, -0.15) is 0 Å². The lowest BCUT2D eigenvalue weighted by Gasteiger charge is -2.35. The molecule has 0 aliphatic carbocycles. The average Bonchev–Trinajstić information content (AvgIpc) is 2.47. The molecule has 21 heavy (non-hydrogen) atoms. The van der Waals surface area contributed by atoms with Crippen molar-refractivity contribution in [3.8, 4) is 0 Å². The maximum atomic E-state index is 6.62. The van der Waals surface area contributed by atoms with Crippen LogP contribution in [0.15, 0.2) is 24.3 Å². The zero-order valence-electron chi connectivity index (χ0n) is 13.9. The van der Waals surface area contributed by atoms with E-state index in [9.17, 15) is 0 Å². The van der Waals surface area contributed by atoms with Crippen LogP contribution in [0.2, 0.25) is 0 Å². The Balaban J connectivity index is 1.90. The van der Waals surface area contributed by atoms with Crippen molar-refractivity contribution >= 4 is 11.6 Å². The second-order valence-corrected chi connectivity index (χ2v) is 7.60. The van der Waals surface area contributed by atoms with Gasteiger partial charge in [0.15, 0.2) is 0 Å². The molecule has 0 N–H and O–H groups in total. The maximum absolute atomic E-state index is 6.62. The molecule has 1 aromatic carbocycles. The van der Waals surface area contributed by atoms with Crippen molar-refractivity contribution in [2.45, 2.75) is 38.5 Å². The summed E-state index contributed by atoms with van der Waals surface area (Å²) in [7, 11) is 0. The molecule has 1 atom stereocenters. The molecule has 1 aromatic rings. The monoisotopic (exact) mass is 308 g/mol. The van der Waals surface area contributed by atoms with Gasteiger partial charge in [0.2, 0.25) is 0 Å². The predicted octanol–water partition coefficient (Wildman–Crippen LogP) is 3.90. The largest absolute Gasteiger partial charge is 0.301 e. The lowest BCUT2D eigenvalue weighted by molar-refractivity contribution is 0.137. The van der Waals surface area contributed by atoms with E-state index in [1.54, 1.807) is 0 Å². The lowest BCUT2D eigenvalue weighted by Crippen LogP contribution is -2.46.